The van der Waals surface area contributed by atoms with Gasteiger partial charge in [0.2, 0.25) is 0 Å². The van der Waals surface area contributed by atoms with Crippen molar-refractivity contribution >= 4 is 5.97 Å². The summed E-state index contributed by atoms with van der Waals surface area (Å²) in [7, 11) is 1.24. The summed E-state index contributed by atoms with van der Waals surface area (Å²) in [4.78, 5) is 11.0. The molecule has 76 valence electrons. The van der Waals surface area contributed by atoms with Crippen molar-refractivity contribution in [1.82, 2.24) is 0 Å². The average molecular weight is 195 g/mol. The van der Waals surface area contributed by atoms with E-state index in [1.807, 2.05) is 6.07 Å². The van der Waals surface area contributed by atoms with Gasteiger partial charge in [0.05, 0.1) is 7.11 Å². The number of carbonyl (C=O) groups is 1. The Morgan fingerprint density at radius 1 is 1.43 bits per heavy atom. The number of ether oxygens (including phenoxy) is 1. The number of methoxy groups -OCH3 is 1. The van der Waals surface area contributed by atoms with Gasteiger partial charge in [-0.05, 0) is 5.56 Å². The fraction of sp³-hybridized carbons (Fsp3) is 0.300. The third-order valence-corrected chi connectivity index (χ3v) is 1.95. The first kappa shape index (κ1) is 10.7. The van der Waals surface area contributed by atoms with Crippen molar-refractivity contribution in [2.45, 2.75) is 12.1 Å². The molecule has 0 aliphatic heterocycles. The first-order valence-corrected chi connectivity index (χ1v) is 4.23. The van der Waals surface area contributed by atoms with Crippen molar-refractivity contribution in [3.8, 4) is 0 Å². The van der Waals surface area contributed by atoms with Gasteiger partial charge in [-0.3, -0.25) is 4.79 Å². The maximum Gasteiger partial charge on any atom is 0.325 e. The van der Waals surface area contributed by atoms with Crippen molar-refractivity contribution in [3.05, 3.63) is 35.9 Å². The molecule has 1 aromatic rings. The lowest BCUT2D eigenvalue weighted by molar-refractivity contribution is -0.145. The number of aliphatic hydroxyl groups excluding tert-OH is 1. The fourth-order valence-electron chi connectivity index (χ4n) is 1.12. The molecule has 0 amide bonds. The Bertz CT molecular complexity index is 299. The molecule has 1 aromatic carbocycles. The van der Waals surface area contributed by atoms with E-state index >= 15 is 0 Å². The summed E-state index contributed by atoms with van der Waals surface area (Å²) in [5.74, 6) is -0.624. The van der Waals surface area contributed by atoms with Crippen molar-refractivity contribution in [3.63, 3.8) is 0 Å². The summed E-state index contributed by atoms with van der Waals surface area (Å²) < 4.78 is 4.43. The van der Waals surface area contributed by atoms with Crippen LogP contribution in [-0.2, 0) is 9.53 Å². The zero-order valence-electron chi connectivity index (χ0n) is 7.88. The van der Waals surface area contributed by atoms with Crippen LogP contribution < -0.4 is 5.73 Å². The normalized spacial score (nSPS) is 14.5. The van der Waals surface area contributed by atoms with Crippen LogP contribution in [0.2, 0.25) is 0 Å². The summed E-state index contributed by atoms with van der Waals surface area (Å²) in [6, 6.07) is 7.72. The molecule has 0 saturated heterocycles. The molecule has 0 spiro atoms. The first-order valence-electron chi connectivity index (χ1n) is 4.23. The van der Waals surface area contributed by atoms with Crippen LogP contribution in [0.1, 0.15) is 11.7 Å². The van der Waals surface area contributed by atoms with Crippen molar-refractivity contribution in [1.29, 1.82) is 0 Å². The molecule has 0 aliphatic rings. The van der Waals surface area contributed by atoms with Crippen LogP contribution in [-0.4, -0.2) is 24.2 Å². The van der Waals surface area contributed by atoms with Gasteiger partial charge in [-0.1, -0.05) is 30.3 Å². The largest absolute Gasteiger partial charge is 0.468 e. The lowest BCUT2D eigenvalue weighted by atomic mass is 10.0. The van der Waals surface area contributed by atoms with Crippen LogP contribution >= 0.6 is 0 Å². The van der Waals surface area contributed by atoms with E-state index in [9.17, 15) is 9.90 Å². The number of hydrogen-bond acceptors (Lipinski definition) is 4. The SMILES string of the molecule is COC(=O)[C@@H](N)[C@@H](O)c1ccccc1. The summed E-state index contributed by atoms with van der Waals surface area (Å²) in [6.45, 7) is 0. The molecule has 4 nitrogen and oxygen atoms in total. The molecule has 0 bridgehead atoms. The molecule has 4 heteroatoms. The lowest BCUT2D eigenvalue weighted by Gasteiger charge is -2.16. The molecular formula is C10H13NO3. The second kappa shape index (κ2) is 4.74. The molecule has 1 rings (SSSR count). The molecular weight excluding hydrogens is 182 g/mol. The molecule has 0 fully saturated rings. The van der Waals surface area contributed by atoms with Crippen molar-refractivity contribution in [2.24, 2.45) is 5.73 Å². The van der Waals surface area contributed by atoms with Gasteiger partial charge < -0.3 is 15.6 Å². The van der Waals surface area contributed by atoms with E-state index < -0.39 is 18.1 Å². The number of carbonyl (C=O) groups excluding carboxylic acids is 1. The topological polar surface area (TPSA) is 72.5 Å². The first-order chi connectivity index (χ1) is 6.66. The molecule has 0 saturated carbocycles. The van der Waals surface area contributed by atoms with Gasteiger partial charge in [0.25, 0.3) is 0 Å². The maximum atomic E-state index is 11.0. The standard InChI is InChI=1S/C10H13NO3/c1-14-10(13)8(11)9(12)7-5-3-2-4-6-7/h2-6,8-9,12H,11H2,1H3/t8-,9-/m0/s1. The minimum atomic E-state index is -1.04. The van der Waals surface area contributed by atoms with Gasteiger partial charge in [0, 0.05) is 0 Å². The van der Waals surface area contributed by atoms with Gasteiger partial charge in [0.15, 0.2) is 0 Å². The number of hydrogen-bond donors (Lipinski definition) is 2. The Labute approximate surface area is 82.3 Å². The number of benzene rings is 1. The fourth-order valence-corrected chi connectivity index (χ4v) is 1.12. The van der Waals surface area contributed by atoms with E-state index in [1.165, 1.54) is 7.11 Å². The van der Waals surface area contributed by atoms with E-state index in [0.29, 0.717) is 5.56 Å². The summed E-state index contributed by atoms with van der Waals surface area (Å²) in [6.07, 6.45) is -1.02. The smallest absolute Gasteiger partial charge is 0.325 e. The molecule has 3 N–H and O–H groups in total. The molecule has 0 aliphatic carbocycles. The zero-order valence-corrected chi connectivity index (χ0v) is 7.88. The second-order valence-corrected chi connectivity index (χ2v) is 2.90. The van der Waals surface area contributed by atoms with Crippen LogP contribution in [0.3, 0.4) is 0 Å². The van der Waals surface area contributed by atoms with E-state index in [-0.39, 0.29) is 0 Å². The molecule has 2 atom stereocenters. The average Bonchev–Trinajstić information content (AvgIpc) is 2.27. The van der Waals surface area contributed by atoms with Crippen LogP contribution in [0.15, 0.2) is 30.3 Å². The molecule has 0 aromatic heterocycles. The van der Waals surface area contributed by atoms with Gasteiger partial charge in [0.1, 0.15) is 12.1 Å². The number of esters is 1. The van der Waals surface area contributed by atoms with E-state index in [4.69, 9.17) is 5.73 Å². The highest BCUT2D eigenvalue weighted by molar-refractivity contribution is 5.76. The Kier molecular flexibility index (Phi) is 3.62. The minimum absolute atomic E-state index is 0.602. The quantitative estimate of drug-likeness (QED) is 0.677. The van der Waals surface area contributed by atoms with Gasteiger partial charge in [-0.2, -0.15) is 0 Å². The third-order valence-electron chi connectivity index (χ3n) is 1.95. The molecule has 0 radical (unpaired) electrons. The van der Waals surface area contributed by atoms with Crippen molar-refractivity contribution in [2.75, 3.05) is 7.11 Å². The zero-order chi connectivity index (χ0) is 10.6. The van der Waals surface area contributed by atoms with Crippen LogP contribution in [0.25, 0.3) is 0 Å². The Morgan fingerprint density at radius 3 is 2.50 bits per heavy atom. The highest BCUT2D eigenvalue weighted by Crippen LogP contribution is 2.15. The van der Waals surface area contributed by atoms with Gasteiger partial charge in [-0.15, -0.1) is 0 Å². The third kappa shape index (κ3) is 2.31. The van der Waals surface area contributed by atoms with E-state index in [1.54, 1.807) is 24.3 Å². The second-order valence-electron chi connectivity index (χ2n) is 2.90. The Balaban J connectivity index is 2.75. The minimum Gasteiger partial charge on any atom is -0.468 e. The molecule has 0 heterocycles. The molecule has 0 unspecified atom stereocenters. The Morgan fingerprint density at radius 2 is 2.00 bits per heavy atom. The molecule has 14 heavy (non-hydrogen) atoms. The van der Waals surface area contributed by atoms with Crippen molar-refractivity contribution < 1.29 is 14.6 Å². The van der Waals surface area contributed by atoms with Gasteiger partial charge >= 0.3 is 5.97 Å². The summed E-state index contributed by atoms with van der Waals surface area (Å²) >= 11 is 0. The predicted octanol–water partition coefficient (Wildman–Crippen LogP) is 0.220. The highest BCUT2D eigenvalue weighted by Gasteiger charge is 2.24. The predicted molar refractivity (Wildman–Crippen MR) is 51.4 cm³/mol. The highest BCUT2D eigenvalue weighted by atomic mass is 16.5. The Hall–Kier alpha value is -1.39. The van der Waals surface area contributed by atoms with E-state index in [2.05, 4.69) is 4.74 Å². The summed E-state index contributed by atoms with van der Waals surface area (Å²) in [5, 5.41) is 9.66. The lowest BCUT2D eigenvalue weighted by Crippen LogP contribution is -2.37. The van der Waals surface area contributed by atoms with Crippen LogP contribution in [0.5, 0.6) is 0 Å². The number of nitrogens with two attached hydrogens (primary N) is 1. The number of rotatable bonds is 3. The number of aliphatic hydroxyl groups is 1. The maximum absolute atomic E-state index is 11.0. The van der Waals surface area contributed by atoms with Gasteiger partial charge in [-0.25, -0.2) is 0 Å². The van der Waals surface area contributed by atoms with E-state index in [0.717, 1.165) is 0 Å². The van der Waals surface area contributed by atoms with Crippen LogP contribution in [0.4, 0.5) is 0 Å². The monoisotopic (exact) mass is 195 g/mol. The summed E-state index contributed by atoms with van der Waals surface area (Å²) in [5.41, 5.74) is 6.08. The van der Waals surface area contributed by atoms with Crippen LogP contribution in [0, 0.1) is 0 Å².